The zero-order valence-electron chi connectivity index (χ0n) is 8.16. The molecule has 0 bridgehead atoms. The van der Waals surface area contributed by atoms with Crippen molar-refractivity contribution in [3.05, 3.63) is 0 Å². The molecular formula is C8H16O6. The first-order chi connectivity index (χ1) is 6.65. The van der Waals surface area contributed by atoms with Crippen LogP contribution in [0.15, 0.2) is 0 Å². The van der Waals surface area contributed by atoms with Gasteiger partial charge in [0, 0.05) is 14.2 Å². The van der Waals surface area contributed by atoms with Crippen LogP contribution in [0.5, 0.6) is 0 Å². The van der Waals surface area contributed by atoms with Crippen LogP contribution in [0.1, 0.15) is 0 Å². The molecule has 0 aromatic heterocycles. The molecule has 5 atom stereocenters. The Morgan fingerprint density at radius 1 is 1.36 bits per heavy atom. The lowest BCUT2D eigenvalue weighted by Gasteiger charge is -2.22. The van der Waals surface area contributed by atoms with Gasteiger partial charge in [-0.05, 0) is 0 Å². The van der Waals surface area contributed by atoms with E-state index in [4.69, 9.17) is 19.3 Å². The molecule has 0 spiro atoms. The van der Waals surface area contributed by atoms with Crippen molar-refractivity contribution < 1.29 is 29.5 Å². The van der Waals surface area contributed by atoms with Crippen LogP contribution < -0.4 is 0 Å². The quantitative estimate of drug-likeness (QED) is 0.499. The minimum atomic E-state index is -1.19. The normalized spacial score (nSPS) is 40.1. The minimum Gasteiger partial charge on any atom is -0.394 e. The third-order valence-corrected chi connectivity index (χ3v) is 2.37. The largest absolute Gasteiger partial charge is 0.394 e. The Morgan fingerprint density at radius 3 is 2.36 bits per heavy atom. The van der Waals surface area contributed by atoms with Crippen LogP contribution in [-0.4, -0.2) is 66.9 Å². The van der Waals surface area contributed by atoms with Gasteiger partial charge >= 0.3 is 0 Å². The number of methoxy groups -OCH3 is 2. The predicted molar refractivity (Wildman–Crippen MR) is 45.6 cm³/mol. The molecule has 6 nitrogen and oxygen atoms in total. The third kappa shape index (κ3) is 2.05. The van der Waals surface area contributed by atoms with E-state index in [0.717, 1.165) is 0 Å². The summed E-state index contributed by atoms with van der Waals surface area (Å²) in [7, 11) is 2.76. The molecule has 84 valence electrons. The number of hydrogen-bond donors (Lipinski definition) is 3. The van der Waals surface area contributed by atoms with Crippen molar-refractivity contribution in [3.63, 3.8) is 0 Å². The molecule has 0 aromatic rings. The predicted octanol–water partition coefficient (Wildman–Crippen LogP) is -1.91. The first-order valence-corrected chi connectivity index (χ1v) is 4.33. The second-order valence-electron chi connectivity index (χ2n) is 3.14. The monoisotopic (exact) mass is 208 g/mol. The summed E-state index contributed by atoms with van der Waals surface area (Å²) in [5.41, 5.74) is 0. The highest BCUT2D eigenvalue weighted by atomic mass is 16.7. The van der Waals surface area contributed by atoms with Crippen molar-refractivity contribution in [1.29, 1.82) is 0 Å². The van der Waals surface area contributed by atoms with Gasteiger partial charge in [-0.25, -0.2) is 0 Å². The molecule has 1 saturated heterocycles. The molecule has 0 amide bonds. The van der Waals surface area contributed by atoms with Gasteiger partial charge in [0.15, 0.2) is 6.29 Å². The summed E-state index contributed by atoms with van der Waals surface area (Å²) in [5.74, 6) is 0. The van der Waals surface area contributed by atoms with E-state index in [2.05, 4.69) is 0 Å². The highest BCUT2D eigenvalue weighted by molar-refractivity contribution is 4.91. The number of aliphatic hydroxyl groups excluding tert-OH is 3. The van der Waals surface area contributed by atoms with E-state index >= 15 is 0 Å². The number of rotatable bonds is 4. The van der Waals surface area contributed by atoms with Crippen LogP contribution in [0.3, 0.4) is 0 Å². The Bertz CT molecular complexity index is 171. The maximum atomic E-state index is 9.65. The summed E-state index contributed by atoms with van der Waals surface area (Å²) in [6.45, 7) is -0.290. The van der Waals surface area contributed by atoms with Gasteiger partial charge in [0.1, 0.15) is 24.4 Å². The number of ether oxygens (including phenoxy) is 3. The second kappa shape index (κ2) is 5.01. The van der Waals surface area contributed by atoms with E-state index in [1.54, 1.807) is 0 Å². The topological polar surface area (TPSA) is 88.4 Å². The standard InChI is InChI=1S/C8H16O6/c1-12-4(3-9)6-5(10)7(13-2)8(11)14-6/h4-11H,3H2,1-2H3/t4-,5+,6+,7-,8+/m1/s1. The van der Waals surface area contributed by atoms with E-state index in [-0.39, 0.29) is 6.61 Å². The van der Waals surface area contributed by atoms with Crippen LogP contribution in [-0.2, 0) is 14.2 Å². The van der Waals surface area contributed by atoms with E-state index in [0.29, 0.717) is 0 Å². The summed E-state index contributed by atoms with van der Waals surface area (Å²) in [6.07, 6.45) is -4.44. The lowest BCUT2D eigenvalue weighted by Crippen LogP contribution is -2.42. The number of aliphatic hydroxyl groups is 3. The van der Waals surface area contributed by atoms with Crippen molar-refractivity contribution in [2.24, 2.45) is 0 Å². The lowest BCUT2D eigenvalue weighted by atomic mass is 10.1. The van der Waals surface area contributed by atoms with Gasteiger partial charge < -0.3 is 29.5 Å². The smallest absolute Gasteiger partial charge is 0.184 e. The first-order valence-electron chi connectivity index (χ1n) is 4.33. The maximum absolute atomic E-state index is 9.65. The Morgan fingerprint density at radius 2 is 2.00 bits per heavy atom. The van der Waals surface area contributed by atoms with Crippen LogP contribution in [0.25, 0.3) is 0 Å². The molecule has 1 fully saturated rings. The van der Waals surface area contributed by atoms with Gasteiger partial charge in [-0.1, -0.05) is 0 Å². The van der Waals surface area contributed by atoms with Gasteiger partial charge in [0.05, 0.1) is 6.61 Å². The second-order valence-corrected chi connectivity index (χ2v) is 3.14. The Hall–Kier alpha value is -0.240. The van der Waals surface area contributed by atoms with Crippen molar-refractivity contribution >= 4 is 0 Å². The average molecular weight is 208 g/mol. The van der Waals surface area contributed by atoms with Crippen molar-refractivity contribution in [3.8, 4) is 0 Å². The fourth-order valence-corrected chi connectivity index (χ4v) is 1.55. The summed E-state index contributed by atoms with van der Waals surface area (Å²) >= 11 is 0. The van der Waals surface area contributed by atoms with Crippen LogP contribution in [0, 0.1) is 0 Å². The van der Waals surface area contributed by atoms with Gasteiger partial charge in [0.2, 0.25) is 0 Å². The van der Waals surface area contributed by atoms with Crippen molar-refractivity contribution in [1.82, 2.24) is 0 Å². The highest BCUT2D eigenvalue weighted by Gasteiger charge is 2.46. The fraction of sp³-hybridized carbons (Fsp3) is 1.00. The molecule has 6 heteroatoms. The molecule has 14 heavy (non-hydrogen) atoms. The van der Waals surface area contributed by atoms with Gasteiger partial charge in [-0.3, -0.25) is 0 Å². The van der Waals surface area contributed by atoms with Crippen LogP contribution >= 0.6 is 0 Å². The molecule has 3 N–H and O–H groups in total. The molecule has 0 unspecified atom stereocenters. The molecule has 1 aliphatic heterocycles. The van der Waals surface area contributed by atoms with Crippen LogP contribution in [0.2, 0.25) is 0 Å². The molecule has 0 aliphatic carbocycles. The third-order valence-electron chi connectivity index (χ3n) is 2.37. The first kappa shape index (κ1) is 11.8. The lowest BCUT2D eigenvalue weighted by molar-refractivity contribution is -0.158. The Labute approximate surface area is 82.0 Å². The minimum absolute atomic E-state index is 0.290. The number of hydrogen-bond acceptors (Lipinski definition) is 6. The molecule has 0 saturated carbocycles. The van der Waals surface area contributed by atoms with Crippen LogP contribution in [0.4, 0.5) is 0 Å². The summed E-state index contributed by atoms with van der Waals surface area (Å²) in [4.78, 5) is 0. The molecule has 0 radical (unpaired) electrons. The van der Waals surface area contributed by atoms with E-state index in [1.165, 1.54) is 14.2 Å². The molecule has 1 heterocycles. The fourth-order valence-electron chi connectivity index (χ4n) is 1.55. The van der Waals surface area contributed by atoms with E-state index in [1.807, 2.05) is 0 Å². The van der Waals surface area contributed by atoms with Gasteiger partial charge in [-0.2, -0.15) is 0 Å². The highest BCUT2D eigenvalue weighted by Crippen LogP contribution is 2.25. The zero-order valence-corrected chi connectivity index (χ0v) is 8.16. The Kier molecular flexibility index (Phi) is 4.24. The average Bonchev–Trinajstić information content (AvgIpc) is 2.45. The van der Waals surface area contributed by atoms with Gasteiger partial charge in [0.25, 0.3) is 0 Å². The van der Waals surface area contributed by atoms with Crippen molar-refractivity contribution in [2.45, 2.75) is 30.7 Å². The summed E-state index contributed by atoms with van der Waals surface area (Å²) in [6, 6.07) is 0. The summed E-state index contributed by atoms with van der Waals surface area (Å²) in [5, 5.41) is 27.9. The Balaban J connectivity index is 2.64. The van der Waals surface area contributed by atoms with E-state index < -0.39 is 30.7 Å². The van der Waals surface area contributed by atoms with Crippen molar-refractivity contribution in [2.75, 3.05) is 20.8 Å². The molecule has 1 aliphatic rings. The SMILES string of the molecule is CO[C@@H]1[C@@H](O)[C@H]([C@@H](CO)OC)O[C@@H]1O. The molecule has 1 rings (SSSR count). The zero-order chi connectivity index (χ0) is 10.7. The maximum Gasteiger partial charge on any atom is 0.184 e. The molecule has 0 aromatic carbocycles. The van der Waals surface area contributed by atoms with E-state index in [9.17, 15) is 10.2 Å². The van der Waals surface area contributed by atoms with Gasteiger partial charge in [-0.15, -0.1) is 0 Å². The summed E-state index contributed by atoms with van der Waals surface area (Å²) < 4.78 is 14.8. The molecular weight excluding hydrogens is 192 g/mol.